The van der Waals surface area contributed by atoms with E-state index in [1.165, 1.54) is 25.7 Å². The van der Waals surface area contributed by atoms with Gasteiger partial charge in [0.2, 0.25) is 0 Å². The average Bonchev–Trinajstić information content (AvgIpc) is 2.41. The molecule has 1 atom stereocenters. The molecule has 1 aromatic rings. The van der Waals surface area contributed by atoms with Crippen LogP contribution in [0.4, 0.5) is 0 Å². The second kappa shape index (κ2) is 6.40. The summed E-state index contributed by atoms with van der Waals surface area (Å²) in [6, 6.07) is 7.64. The summed E-state index contributed by atoms with van der Waals surface area (Å²) in [5, 5.41) is 13.6. The first-order valence-corrected chi connectivity index (χ1v) is 7.22. The van der Waals surface area contributed by atoms with E-state index in [9.17, 15) is 5.11 Å². The van der Waals surface area contributed by atoms with Crippen molar-refractivity contribution in [1.82, 2.24) is 5.32 Å². The van der Waals surface area contributed by atoms with Crippen LogP contribution in [0.3, 0.4) is 0 Å². The second-order valence-corrected chi connectivity index (χ2v) is 5.63. The maximum Gasteiger partial charge on any atom is 0.119 e. The maximum absolute atomic E-state index is 10.2. The lowest BCUT2D eigenvalue weighted by atomic mass is 9.67. The Bertz CT molecular complexity index is 396. The summed E-state index contributed by atoms with van der Waals surface area (Å²) in [4.78, 5) is 0. The van der Waals surface area contributed by atoms with Crippen LogP contribution in [-0.4, -0.2) is 25.3 Å². The van der Waals surface area contributed by atoms with Crippen LogP contribution in [0.15, 0.2) is 24.3 Å². The predicted octanol–water partition coefficient (Wildman–Crippen LogP) is 2.90. The van der Waals surface area contributed by atoms with Gasteiger partial charge in [-0.05, 0) is 42.4 Å². The van der Waals surface area contributed by atoms with Crippen LogP contribution in [0.1, 0.15) is 44.3 Å². The van der Waals surface area contributed by atoms with Crippen LogP contribution in [0.25, 0.3) is 0 Å². The molecule has 1 aromatic carbocycles. The fourth-order valence-electron chi connectivity index (χ4n) is 2.77. The predicted molar refractivity (Wildman–Crippen MR) is 77.4 cm³/mol. The van der Waals surface area contributed by atoms with Crippen LogP contribution in [-0.2, 0) is 0 Å². The highest BCUT2D eigenvalue weighted by atomic mass is 16.5. The number of hydrogen-bond donors (Lipinski definition) is 2. The Morgan fingerprint density at radius 2 is 2.21 bits per heavy atom. The van der Waals surface area contributed by atoms with Crippen molar-refractivity contribution in [2.45, 2.75) is 38.7 Å². The highest BCUT2D eigenvalue weighted by Crippen LogP contribution is 2.43. The summed E-state index contributed by atoms with van der Waals surface area (Å²) in [6.45, 7) is 3.89. The second-order valence-electron chi connectivity index (χ2n) is 5.63. The zero-order chi connectivity index (χ0) is 13.7. The van der Waals surface area contributed by atoms with Gasteiger partial charge in [-0.15, -0.1) is 0 Å². The Labute approximate surface area is 116 Å². The average molecular weight is 263 g/mol. The SMILES string of the molecule is CCC1(CNCC(O)c2cccc(OC)c2)CCC1. The normalized spacial score (nSPS) is 18.7. The Balaban J connectivity index is 1.81. The van der Waals surface area contributed by atoms with Crippen molar-refractivity contribution in [3.05, 3.63) is 29.8 Å². The number of hydrogen-bond acceptors (Lipinski definition) is 3. The third-order valence-electron chi connectivity index (χ3n) is 4.48. The third kappa shape index (κ3) is 3.48. The van der Waals surface area contributed by atoms with Gasteiger partial charge in [-0.25, -0.2) is 0 Å². The number of methoxy groups -OCH3 is 1. The quantitative estimate of drug-likeness (QED) is 0.795. The Morgan fingerprint density at radius 1 is 1.42 bits per heavy atom. The van der Waals surface area contributed by atoms with Crippen molar-refractivity contribution in [2.24, 2.45) is 5.41 Å². The Kier molecular flexibility index (Phi) is 4.83. The molecule has 1 fully saturated rings. The van der Waals surface area contributed by atoms with Crippen LogP contribution < -0.4 is 10.1 Å². The first-order chi connectivity index (χ1) is 9.19. The molecule has 19 heavy (non-hydrogen) atoms. The molecule has 0 bridgehead atoms. The van der Waals surface area contributed by atoms with Gasteiger partial charge in [-0.1, -0.05) is 25.5 Å². The monoisotopic (exact) mass is 263 g/mol. The number of nitrogens with one attached hydrogen (secondary N) is 1. The molecule has 1 aliphatic carbocycles. The topological polar surface area (TPSA) is 41.5 Å². The number of aliphatic hydroxyl groups is 1. The zero-order valence-corrected chi connectivity index (χ0v) is 12.0. The zero-order valence-electron chi connectivity index (χ0n) is 12.0. The highest BCUT2D eigenvalue weighted by Gasteiger charge is 2.34. The molecule has 0 spiro atoms. The van der Waals surface area contributed by atoms with E-state index in [2.05, 4.69) is 12.2 Å². The molecule has 1 saturated carbocycles. The van der Waals surface area contributed by atoms with Crippen LogP contribution >= 0.6 is 0 Å². The van der Waals surface area contributed by atoms with Crippen molar-refractivity contribution < 1.29 is 9.84 Å². The van der Waals surface area contributed by atoms with Gasteiger partial charge in [0, 0.05) is 13.1 Å². The molecule has 3 nitrogen and oxygen atoms in total. The number of aliphatic hydroxyl groups excluding tert-OH is 1. The van der Waals surface area contributed by atoms with Gasteiger partial charge in [-0.2, -0.15) is 0 Å². The minimum atomic E-state index is -0.468. The van der Waals surface area contributed by atoms with Gasteiger partial charge in [0.25, 0.3) is 0 Å². The van der Waals surface area contributed by atoms with Crippen molar-refractivity contribution in [2.75, 3.05) is 20.2 Å². The Morgan fingerprint density at radius 3 is 2.79 bits per heavy atom. The molecule has 2 rings (SSSR count). The molecule has 106 valence electrons. The summed E-state index contributed by atoms with van der Waals surface area (Å²) in [5.74, 6) is 0.792. The van der Waals surface area contributed by atoms with E-state index in [4.69, 9.17) is 4.74 Å². The van der Waals surface area contributed by atoms with Crippen molar-refractivity contribution in [3.8, 4) is 5.75 Å². The minimum Gasteiger partial charge on any atom is -0.497 e. The van der Waals surface area contributed by atoms with E-state index in [0.29, 0.717) is 12.0 Å². The highest BCUT2D eigenvalue weighted by molar-refractivity contribution is 5.29. The van der Waals surface area contributed by atoms with E-state index in [-0.39, 0.29) is 0 Å². The van der Waals surface area contributed by atoms with Crippen LogP contribution in [0.2, 0.25) is 0 Å². The number of rotatable bonds is 7. The van der Waals surface area contributed by atoms with Gasteiger partial charge >= 0.3 is 0 Å². The fraction of sp³-hybridized carbons (Fsp3) is 0.625. The van der Waals surface area contributed by atoms with Crippen molar-refractivity contribution >= 4 is 0 Å². The number of ether oxygens (including phenoxy) is 1. The van der Waals surface area contributed by atoms with E-state index in [0.717, 1.165) is 17.9 Å². The van der Waals surface area contributed by atoms with Gasteiger partial charge in [0.1, 0.15) is 5.75 Å². The largest absolute Gasteiger partial charge is 0.497 e. The molecule has 3 heteroatoms. The van der Waals surface area contributed by atoms with Crippen molar-refractivity contribution in [1.29, 1.82) is 0 Å². The van der Waals surface area contributed by atoms with E-state index in [1.54, 1.807) is 7.11 Å². The maximum atomic E-state index is 10.2. The first kappa shape index (κ1) is 14.4. The van der Waals surface area contributed by atoms with Gasteiger partial charge in [-0.3, -0.25) is 0 Å². The van der Waals surface area contributed by atoms with Gasteiger partial charge < -0.3 is 15.2 Å². The Hall–Kier alpha value is -1.06. The van der Waals surface area contributed by atoms with E-state index < -0.39 is 6.10 Å². The standard InChI is InChI=1S/C16H25NO2/c1-3-16(8-5-9-16)12-17-11-15(18)13-6-4-7-14(10-13)19-2/h4,6-7,10,15,17-18H,3,5,8-9,11-12H2,1-2H3. The van der Waals surface area contributed by atoms with Crippen LogP contribution in [0.5, 0.6) is 5.75 Å². The summed E-state index contributed by atoms with van der Waals surface area (Å²) in [5.41, 5.74) is 1.40. The first-order valence-electron chi connectivity index (χ1n) is 7.22. The molecule has 2 N–H and O–H groups in total. The fourth-order valence-corrected chi connectivity index (χ4v) is 2.77. The summed E-state index contributed by atoms with van der Waals surface area (Å²) < 4.78 is 5.18. The van der Waals surface area contributed by atoms with Crippen molar-refractivity contribution in [3.63, 3.8) is 0 Å². The third-order valence-corrected chi connectivity index (χ3v) is 4.48. The molecular weight excluding hydrogens is 238 g/mol. The summed E-state index contributed by atoms with van der Waals surface area (Å²) in [7, 11) is 1.64. The minimum absolute atomic E-state index is 0.468. The lowest BCUT2D eigenvalue weighted by Crippen LogP contribution is -2.40. The molecule has 0 amide bonds. The van der Waals surface area contributed by atoms with Crippen LogP contribution in [0, 0.1) is 5.41 Å². The molecule has 0 heterocycles. The summed E-state index contributed by atoms with van der Waals surface area (Å²) >= 11 is 0. The molecule has 0 saturated heterocycles. The summed E-state index contributed by atoms with van der Waals surface area (Å²) in [6.07, 6.45) is 4.77. The van der Waals surface area contributed by atoms with E-state index in [1.807, 2.05) is 24.3 Å². The lowest BCUT2D eigenvalue weighted by molar-refractivity contribution is 0.110. The van der Waals surface area contributed by atoms with Gasteiger partial charge in [0.05, 0.1) is 13.2 Å². The molecule has 1 aliphatic rings. The molecule has 0 radical (unpaired) electrons. The number of benzene rings is 1. The smallest absolute Gasteiger partial charge is 0.119 e. The lowest BCUT2D eigenvalue weighted by Gasteiger charge is -2.41. The van der Waals surface area contributed by atoms with E-state index >= 15 is 0 Å². The van der Waals surface area contributed by atoms with Gasteiger partial charge in [0.15, 0.2) is 0 Å². The molecule has 0 aliphatic heterocycles. The molecule has 1 unspecified atom stereocenters. The molecule has 0 aromatic heterocycles. The molecular formula is C16H25NO2.